The molecule has 0 aliphatic carbocycles. The number of anilines is 1. The molecule has 136 valence electrons. The highest BCUT2D eigenvalue weighted by Crippen LogP contribution is 2.26. The van der Waals surface area contributed by atoms with Gasteiger partial charge in [-0.15, -0.1) is 0 Å². The molecule has 0 aliphatic rings. The third-order valence-corrected chi connectivity index (χ3v) is 3.94. The number of nitro benzene ring substituents is 1. The van der Waals surface area contributed by atoms with Gasteiger partial charge in [0, 0.05) is 24.4 Å². The Balaban J connectivity index is 1.70. The minimum Gasteiger partial charge on any atom is -0.375 e. The number of benzene rings is 2. The molecule has 2 aromatic carbocycles. The monoisotopic (exact) mass is 362 g/mol. The standard InChI is InChI=1S/C20H18N4O3/c25-20(23-14-17-8-4-5-11-21-17)16-9-10-18(19(12-16)24(26)27)22-13-15-6-2-1-3-7-15/h1-12,22H,13-14H2,(H,23,25). The summed E-state index contributed by atoms with van der Waals surface area (Å²) in [5.41, 5.74) is 2.16. The van der Waals surface area contributed by atoms with E-state index < -0.39 is 10.8 Å². The second-order valence-electron chi connectivity index (χ2n) is 5.83. The molecule has 0 spiro atoms. The maximum Gasteiger partial charge on any atom is 0.293 e. The van der Waals surface area contributed by atoms with E-state index in [0.29, 0.717) is 17.9 Å². The lowest BCUT2D eigenvalue weighted by Gasteiger charge is -2.09. The van der Waals surface area contributed by atoms with Crippen LogP contribution in [0.2, 0.25) is 0 Å². The molecule has 3 aromatic rings. The van der Waals surface area contributed by atoms with Crippen molar-refractivity contribution in [3.63, 3.8) is 0 Å². The minimum atomic E-state index is -0.497. The molecule has 0 fully saturated rings. The normalized spacial score (nSPS) is 10.2. The molecule has 2 N–H and O–H groups in total. The van der Waals surface area contributed by atoms with Crippen LogP contribution >= 0.6 is 0 Å². The molecule has 27 heavy (non-hydrogen) atoms. The van der Waals surface area contributed by atoms with Gasteiger partial charge >= 0.3 is 0 Å². The van der Waals surface area contributed by atoms with E-state index in [4.69, 9.17) is 0 Å². The van der Waals surface area contributed by atoms with Crippen LogP contribution in [0.1, 0.15) is 21.6 Å². The van der Waals surface area contributed by atoms with Gasteiger partial charge < -0.3 is 10.6 Å². The van der Waals surface area contributed by atoms with Gasteiger partial charge in [0.25, 0.3) is 11.6 Å². The van der Waals surface area contributed by atoms with Crippen molar-refractivity contribution in [3.8, 4) is 0 Å². The molecule has 1 amide bonds. The zero-order valence-electron chi connectivity index (χ0n) is 14.5. The summed E-state index contributed by atoms with van der Waals surface area (Å²) in [5, 5.41) is 17.2. The lowest BCUT2D eigenvalue weighted by molar-refractivity contribution is -0.384. The Morgan fingerprint density at radius 1 is 1.00 bits per heavy atom. The molecule has 1 heterocycles. The summed E-state index contributed by atoms with van der Waals surface area (Å²) < 4.78 is 0. The Labute approximate surface area is 156 Å². The van der Waals surface area contributed by atoms with Crippen molar-refractivity contribution >= 4 is 17.3 Å². The molecule has 7 heteroatoms. The molecule has 0 saturated carbocycles. The molecule has 7 nitrogen and oxygen atoms in total. The Morgan fingerprint density at radius 3 is 2.48 bits per heavy atom. The number of carbonyl (C=O) groups excluding carboxylic acids is 1. The number of hydrogen-bond acceptors (Lipinski definition) is 5. The molecule has 0 saturated heterocycles. The number of amides is 1. The van der Waals surface area contributed by atoms with Crippen LogP contribution in [0, 0.1) is 10.1 Å². The van der Waals surface area contributed by atoms with E-state index in [1.165, 1.54) is 6.07 Å². The first-order valence-electron chi connectivity index (χ1n) is 8.38. The Hall–Kier alpha value is -3.74. The second kappa shape index (κ2) is 8.57. The number of pyridine rings is 1. The van der Waals surface area contributed by atoms with Gasteiger partial charge in [0.2, 0.25) is 0 Å². The lowest BCUT2D eigenvalue weighted by atomic mass is 10.1. The average molecular weight is 362 g/mol. The molecule has 0 bridgehead atoms. The average Bonchev–Trinajstić information content (AvgIpc) is 2.72. The van der Waals surface area contributed by atoms with Gasteiger partial charge in [-0.2, -0.15) is 0 Å². The Bertz CT molecular complexity index is 930. The first-order valence-corrected chi connectivity index (χ1v) is 8.38. The zero-order chi connectivity index (χ0) is 19.1. The van der Waals surface area contributed by atoms with Gasteiger partial charge in [0.1, 0.15) is 5.69 Å². The number of hydrogen-bond donors (Lipinski definition) is 2. The van der Waals surface area contributed by atoms with Crippen molar-refractivity contribution < 1.29 is 9.72 Å². The van der Waals surface area contributed by atoms with Gasteiger partial charge in [-0.3, -0.25) is 19.9 Å². The topological polar surface area (TPSA) is 97.2 Å². The molecular formula is C20H18N4O3. The predicted octanol–water partition coefficient (Wildman–Crippen LogP) is 3.53. The maximum atomic E-state index is 12.3. The van der Waals surface area contributed by atoms with Crippen molar-refractivity contribution in [3.05, 3.63) is 99.9 Å². The van der Waals surface area contributed by atoms with Gasteiger partial charge in [0.15, 0.2) is 0 Å². The zero-order valence-corrected chi connectivity index (χ0v) is 14.5. The molecule has 0 atom stereocenters. The number of rotatable bonds is 7. The summed E-state index contributed by atoms with van der Waals surface area (Å²) in [7, 11) is 0. The van der Waals surface area contributed by atoms with Crippen molar-refractivity contribution in [2.75, 3.05) is 5.32 Å². The summed E-state index contributed by atoms with van der Waals surface area (Å²) in [5.74, 6) is -0.390. The van der Waals surface area contributed by atoms with Gasteiger partial charge in [-0.05, 0) is 29.8 Å². The van der Waals surface area contributed by atoms with Crippen LogP contribution in [0.5, 0.6) is 0 Å². The molecule has 0 aliphatic heterocycles. The summed E-state index contributed by atoms with van der Waals surface area (Å²) in [6.45, 7) is 0.703. The van der Waals surface area contributed by atoms with Gasteiger partial charge in [-0.25, -0.2) is 0 Å². The van der Waals surface area contributed by atoms with Crippen LogP contribution in [-0.4, -0.2) is 15.8 Å². The second-order valence-corrected chi connectivity index (χ2v) is 5.83. The fourth-order valence-corrected chi connectivity index (χ4v) is 2.54. The number of nitrogens with one attached hydrogen (secondary N) is 2. The Morgan fingerprint density at radius 2 is 1.78 bits per heavy atom. The van der Waals surface area contributed by atoms with E-state index in [-0.39, 0.29) is 17.8 Å². The summed E-state index contributed by atoms with van der Waals surface area (Å²) in [4.78, 5) is 27.3. The lowest BCUT2D eigenvalue weighted by Crippen LogP contribution is -2.23. The van der Waals surface area contributed by atoms with E-state index in [1.54, 1.807) is 30.5 Å². The van der Waals surface area contributed by atoms with E-state index in [0.717, 1.165) is 5.56 Å². The highest BCUT2D eigenvalue weighted by Gasteiger charge is 2.17. The number of nitro groups is 1. The SMILES string of the molecule is O=C(NCc1ccccn1)c1ccc(NCc2ccccc2)c([N+](=O)[O-])c1. The van der Waals surface area contributed by atoms with Crippen molar-refractivity contribution in [1.29, 1.82) is 0 Å². The van der Waals surface area contributed by atoms with Crippen LogP contribution in [0.4, 0.5) is 11.4 Å². The third kappa shape index (κ3) is 4.88. The van der Waals surface area contributed by atoms with E-state index >= 15 is 0 Å². The minimum absolute atomic E-state index is 0.142. The van der Waals surface area contributed by atoms with Gasteiger partial charge in [0.05, 0.1) is 17.2 Å². The fraction of sp³-hybridized carbons (Fsp3) is 0.100. The molecule has 0 radical (unpaired) electrons. The highest BCUT2D eigenvalue weighted by atomic mass is 16.6. The van der Waals surface area contributed by atoms with E-state index in [9.17, 15) is 14.9 Å². The quantitative estimate of drug-likeness (QED) is 0.495. The van der Waals surface area contributed by atoms with Crippen LogP contribution in [-0.2, 0) is 13.1 Å². The van der Waals surface area contributed by atoms with Crippen molar-refractivity contribution in [2.45, 2.75) is 13.1 Å². The third-order valence-electron chi connectivity index (χ3n) is 3.94. The van der Waals surface area contributed by atoms with Gasteiger partial charge in [-0.1, -0.05) is 36.4 Å². The van der Waals surface area contributed by atoms with Crippen molar-refractivity contribution in [2.24, 2.45) is 0 Å². The summed E-state index contributed by atoms with van der Waals surface area (Å²) in [6.07, 6.45) is 1.64. The number of nitrogens with zero attached hydrogens (tertiary/aromatic N) is 2. The Kier molecular flexibility index (Phi) is 5.73. The van der Waals surface area contributed by atoms with Crippen LogP contribution in [0.15, 0.2) is 72.9 Å². The number of aromatic nitrogens is 1. The van der Waals surface area contributed by atoms with E-state index in [2.05, 4.69) is 15.6 Å². The molecular weight excluding hydrogens is 344 g/mol. The molecule has 0 unspecified atom stereocenters. The smallest absolute Gasteiger partial charge is 0.293 e. The van der Waals surface area contributed by atoms with Crippen LogP contribution in [0.3, 0.4) is 0 Å². The number of carbonyl (C=O) groups is 1. The first kappa shape index (κ1) is 18.1. The fourth-order valence-electron chi connectivity index (χ4n) is 2.54. The van der Waals surface area contributed by atoms with Crippen LogP contribution < -0.4 is 10.6 Å². The van der Waals surface area contributed by atoms with Crippen LogP contribution in [0.25, 0.3) is 0 Å². The van der Waals surface area contributed by atoms with E-state index in [1.807, 2.05) is 36.4 Å². The summed E-state index contributed by atoms with van der Waals surface area (Å²) >= 11 is 0. The van der Waals surface area contributed by atoms with Crippen molar-refractivity contribution in [1.82, 2.24) is 10.3 Å². The largest absolute Gasteiger partial charge is 0.375 e. The predicted molar refractivity (Wildman–Crippen MR) is 102 cm³/mol. The first-order chi connectivity index (χ1) is 13.1. The molecule has 1 aromatic heterocycles. The highest BCUT2D eigenvalue weighted by molar-refractivity contribution is 5.95. The summed E-state index contributed by atoms with van der Waals surface area (Å²) in [6, 6.07) is 19.4. The molecule has 3 rings (SSSR count). The maximum absolute atomic E-state index is 12.3.